The van der Waals surface area contributed by atoms with Crippen LogP contribution in [0.4, 0.5) is 17.1 Å². The third-order valence-electron chi connectivity index (χ3n) is 10.2. The summed E-state index contributed by atoms with van der Waals surface area (Å²) in [5.74, 6) is 0. The van der Waals surface area contributed by atoms with Gasteiger partial charge in [-0.15, -0.1) is 11.3 Å². The average molecular weight is 657 g/mol. The zero-order chi connectivity index (χ0) is 32.8. The number of aromatic nitrogens is 1. The summed E-state index contributed by atoms with van der Waals surface area (Å²) in [5, 5.41) is 9.56. The van der Waals surface area contributed by atoms with Gasteiger partial charge in [0, 0.05) is 58.8 Å². The first kappa shape index (κ1) is 27.6. The summed E-state index contributed by atoms with van der Waals surface area (Å²) in [5.41, 5.74) is 8.55. The Morgan fingerprint density at radius 3 is 1.98 bits per heavy atom. The van der Waals surface area contributed by atoms with E-state index in [4.69, 9.17) is 4.42 Å². The molecule has 4 heteroatoms. The van der Waals surface area contributed by atoms with E-state index in [2.05, 4.69) is 179 Å². The molecule has 0 aliphatic rings. The molecule has 11 rings (SSSR count). The highest BCUT2D eigenvalue weighted by Crippen LogP contribution is 2.46. The van der Waals surface area contributed by atoms with Crippen LogP contribution in [0.1, 0.15) is 0 Å². The van der Waals surface area contributed by atoms with Crippen molar-refractivity contribution >= 4 is 103 Å². The second-order valence-corrected chi connectivity index (χ2v) is 14.0. The molecule has 11 aromatic rings. The van der Waals surface area contributed by atoms with Gasteiger partial charge in [0.05, 0.1) is 22.1 Å². The number of fused-ring (bicyclic) bond motifs is 11. The first-order chi connectivity index (χ1) is 24.8. The number of furan rings is 1. The van der Waals surface area contributed by atoms with Gasteiger partial charge in [-0.1, -0.05) is 97.1 Å². The minimum atomic E-state index is 0.875. The summed E-state index contributed by atoms with van der Waals surface area (Å²) >= 11 is 1.85. The topological polar surface area (TPSA) is 21.3 Å². The van der Waals surface area contributed by atoms with E-state index in [0.29, 0.717) is 0 Å². The molecule has 0 N–H and O–H groups in total. The van der Waals surface area contributed by atoms with Crippen molar-refractivity contribution in [3.05, 3.63) is 170 Å². The standard InChI is InChI=1S/C46H28N2OS/c1-2-14-33-29(11-1)23-25-37-45-41(20-10-21-42(45)49-46(33)37)47(32-24-26-44-38(28-32)36-17-5-8-22-43(36)50-44)30-12-9-13-31(27-30)48-39-18-6-3-15-34(39)35-16-4-7-19-40(35)48/h1-28H. The van der Waals surface area contributed by atoms with E-state index in [9.17, 15) is 0 Å². The van der Waals surface area contributed by atoms with Crippen molar-refractivity contribution in [2.45, 2.75) is 0 Å². The van der Waals surface area contributed by atoms with Crippen molar-refractivity contribution in [2.24, 2.45) is 0 Å². The lowest BCUT2D eigenvalue weighted by Gasteiger charge is -2.27. The van der Waals surface area contributed by atoms with Gasteiger partial charge in [-0.25, -0.2) is 0 Å². The van der Waals surface area contributed by atoms with Gasteiger partial charge in [-0.3, -0.25) is 0 Å². The molecule has 0 unspecified atom stereocenters. The average Bonchev–Trinajstić information content (AvgIpc) is 3.85. The van der Waals surface area contributed by atoms with Gasteiger partial charge < -0.3 is 13.9 Å². The molecule has 0 amide bonds. The predicted octanol–water partition coefficient (Wildman–Crippen LogP) is 13.7. The Morgan fingerprint density at radius 2 is 1.14 bits per heavy atom. The van der Waals surface area contributed by atoms with Crippen LogP contribution in [0.5, 0.6) is 0 Å². The van der Waals surface area contributed by atoms with E-state index >= 15 is 0 Å². The van der Waals surface area contributed by atoms with Crippen LogP contribution >= 0.6 is 11.3 Å². The zero-order valence-corrected chi connectivity index (χ0v) is 27.7. The second-order valence-electron chi connectivity index (χ2n) is 12.9. The fourth-order valence-electron chi connectivity index (χ4n) is 7.97. The fraction of sp³-hybridized carbons (Fsp3) is 0. The zero-order valence-electron chi connectivity index (χ0n) is 26.9. The monoisotopic (exact) mass is 656 g/mol. The molecule has 3 nitrogen and oxygen atoms in total. The molecule has 3 aromatic heterocycles. The van der Waals surface area contributed by atoms with Crippen LogP contribution in [0.2, 0.25) is 0 Å². The molecular weight excluding hydrogens is 629 g/mol. The molecule has 50 heavy (non-hydrogen) atoms. The number of benzene rings is 8. The molecule has 0 spiro atoms. The maximum absolute atomic E-state index is 6.69. The number of rotatable bonds is 4. The van der Waals surface area contributed by atoms with E-state index in [-0.39, 0.29) is 0 Å². The van der Waals surface area contributed by atoms with Crippen LogP contribution in [0, 0.1) is 0 Å². The van der Waals surface area contributed by atoms with Crippen molar-refractivity contribution in [3.63, 3.8) is 0 Å². The molecule has 0 aliphatic carbocycles. The predicted molar refractivity (Wildman–Crippen MR) is 213 cm³/mol. The van der Waals surface area contributed by atoms with E-state index in [1.165, 1.54) is 47.4 Å². The van der Waals surface area contributed by atoms with Crippen LogP contribution in [0.25, 0.3) is 80.4 Å². The van der Waals surface area contributed by atoms with Crippen molar-refractivity contribution in [2.75, 3.05) is 4.90 Å². The largest absolute Gasteiger partial charge is 0.455 e. The summed E-state index contributed by atoms with van der Waals surface area (Å²) in [4.78, 5) is 2.41. The molecule has 0 radical (unpaired) electrons. The molecule has 0 bridgehead atoms. The lowest BCUT2D eigenvalue weighted by molar-refractivity contribution is 0.672. The Hall–Kier alpha value is -6.36. The van der Waals surface area contributed by atoms with Crippen LogP contribution in [-0.4, -0.2) is 4.57 Å². The number of hydrogen-bond acceptors (Lipinski definition) is 3. The van der Waals surface area contributed by atoms with Gasteiger partial charge in [0.1, 0.15) is 11.2 Å². The van der Waals surface area contributed by atoms with Crippen molar-refractivity contribution < 1.29 is 4.42 Å². The van der Waals surface area contributed by atoms with Crippen LogP contribution in [-0.2, 0) is 0 Å². The summed E-state index contributed by atoms with van der Waals surface area (Å²) < 4.78 is 11.7. The normalized spacial score (nSPS) is 12.0. The van der Waals surface area contributed by atoms with E-state index < -0.39 is 0 Å². The van der Waals surface area contributed by atoms with Gasteiger partial charge in [-0.05, 0) is 78.2 Å². The molecule has 0 aliphatic heterocycles. The first-order valence-corrected chi connectivity index (χ1v) is 17.7. The number of thiophene rings is 1. The van der Waals surface area contributed by atoms with E-state index in [0.717, 1.165) is 50.1 Å². The number of nitrogens with zero attached hydrogens (tertiary/aromatic N) is 2. The maximum Gasteiger partial charge on any atom is 0.143 e. The summed E-state index contributed by atoms with van der Waals surface area (Å²) in [6.07, 6.45) is 0. The van der Waals surface area contributed by atoms with Crippen LogP contribution in [0.15, 0.2) is 174 Å². The minimum Gasteiger partial charge on any atom is -0.455 e. The molecule has 8 aromatic carbocycles. The SMILES string of the molecule is c1cc(N(c2ccc3sc4ccccc4c3c2)c2cccc3oc4c5ccccc5ccc4c23)cc(-n2c3ccccc3c3ccccc32)c1. The second kappa shape index (κ2) is 10.6. The van der Waals surface area contributed by atoms with Gasteiger partial charge >= 0.3 is 0 Å². The number of hydrogen-bond donors (Lipinski definition) is 0. The maximum atomic E-state index is 6.69. The van der Waals surface area contributed by atoms with E-state index in [1.54, 1.807) is 0 Å². The minimum absolute atomic E-state index is 0.875. The molecule has 0 saturated carbocycles. The highest BCUT2D eigenvalue weighted by molar-refractivity contribution is 7.25. The molecular formula is C46H28N2OS. The van der Waals surface area contributed by atoms with E-state index in [1.807, 2.05) is 11.3 Å². The molecule has 0 atom stereocenters. The van der Waals surface area contributed by atoms with Gasteiger partial charge in [0.2, 0.25) is 0 Å². The molecule has 0 fully saturated rings. The Morgan fingerprint density at radius 1 is 0.460 bits per heavy atom. The molecule has 0 saturated heterocycles. The summed E-state index contributed by atoms with van der Waals surface area (Å²) in [7, 11) is 0. The van der Waals surface area contributed by atoms with Crippen molar-refractivity contribution in [1.29, 1.82) is 0 Å². The van der Waals surface area contributed by atoms with Crippen LogP contribution in [0.3, 0.4) is 0 Å². The number of anilines is 3. The van der Waals surface area contributed by atoms with Gasteiger partial charge in [0.15, 0.2) is 0 Å². The molecule has 234 valence electrons. The first-order valence-electron chi connectivity index (χ1n) is 16.9. The van der Waals surface area contributed by atoms with Gasteiger partial charge in [0.25, 0.3) is 0 Å². The van der Waals surface area contributed by atoms with Crippen molar-refractivity contribution in [3.8, 4) is 5.69 Å². The lowest BCUT2D eigenvalue weighted by atomic mass is 10.0. The lowest BCUT2D eigenvalue weighted by Crippen LogP contribution is -2.11. The highest BCUT2D eigenvalue weighted by atomic mass is 32.1. The van der Waals surface area contributed by atoms with Crippen molar-refractivity contribution in [1.82, 2.24) is 4.57 Å². The van der Waals surface area contributed by atoms with Crippen LogP contribution < -0.4 is 4.90 Å². The summed E-state index contributed by atoms with van der Waals surface area (Å²) in [6, 6.07) is 61.3. The fourth-order valence-corrected chi connectivity index (χ4v) is 9.06. The third-order valence-corrected chi connectivity index (χ3v) is 11.3. The Labute approximate surface area is 291 Å². The Balaban J connectivity index is 1.21. The Bertz CT molecular complexity index is 3070. The van der Waals surface area contributed by atoms with Gasteiger partial charge in [-0.2, -0.15) is 0 Å². The number of para-hydroxylation sites is 2. The smallest absolute Gasteiger partial charge is 0.143 e. The summed E-state index contributed by atoms with van der Waals surface area (Å²) in [6.45, 7) is 0. The highest BCUT2D eigenvalue weighted by Gasteiger charge is 2.22. The quantitative estimate of drug-likeness (QED) is 0.188. The third kappa shape index (κ3) is 3.97. The molecule has 3 heterocycles. The Kier molecular flexibility index (Phi) is 5.83.